The van der Waals surface area contributed by atoms with Crippen LogP contribution in [0.5, 0.6) is 5.75 Å². The fraction of sp³-hybridized carbons (Fsp3) is 0.364. The number of aromatic carboxylic acids is 1. The molecule has 16 heavy (non-hydrogen) atoms. The molecule has 0 aromatic heterocycles. The van der Waals surface area contributed by atoms with Crippen LogP contribution in [-0.2, 0) is 4.74 Å². The number of hydrogen-bond donors (Lipinski definition) is 1. The minimum absolute atomic E-state index is 0.0471. The molecule has 88 valence electrons. The molecule has 0 heterocycles. The van der Waals surface area contributed by atoms with Gasteiger partial charge in [-0.05, 0) is 18.2 Å². The number of carboxylic acids is 1. The number of hydrogen-bond acceptors (Lipinski definition) is 3. The van der Waals surface area contributed by atoms with Gasteiger partial charge in [0, 0.05) is 20.1 Å². The van der Waals surface area contributed by atoms with E-state index in [1.54, 1.807) is 13.2 Å². The lowest BCUT2D eigenvalue weighted by Gasteiger charge is -2.07. The Hall–Kier alpha value is -1.26. The third kappa shape index (κ3) is 3.72. The molecule has 0 bridgehead atoms. The third-order valence-electron chi connectivity index (χ3n) is 1.93. The predicted molar refractivity (Wildman–Crippen MR) is 60.4 cm³/mol. The van der Waals surface area contributed by atoms with E-state index in [0.717, 1.165) is 6.42 Å². The lowest BCUT2D eigenvalue weighted by molar-refractivity contribution is 0.0696. The van der Waals surface area contributed by atoms with Crippen LogP contribution in [0.4, 0.5) is 0 Å². The fourth-order valence-corrected chi connectivity index (χ4v) is 1.35. The van der Waals surface area contributed by atoms with Gasteiger partial charge < -0.3 is 14.6 Å². The first kappa shape index (κ1) is 12.8. The van der Waals surface area contributed by atoms with E-state index in [2.05, 4.69) is 0 Å². The number of rotatable bonds is 6. The molecule has 0 aliphatic heterocycles. The highest BCUT2D eigenvalue weighted by Crippen LogP contribution is 2.22. The lowest BCUT2D eigenvalue weighted by Crippen LogP contribution is -2.03. The highest BCUT2D eigenvalue weighted by molar-refractivity contribution is 6.33. The van der Waals surface area contributed by atoms with Crippen LogP contribution in [0, 0.1) is 0 Å². The predicted octanol–water partition coefficient (Wildman–Crippen LogP) is 2.45. The first-order valence-corrected chi connectivity index (χ1v) is 5.17. The molecule has 0 atom stereocenters. The quantitative estimate of drug-likeness (QED) is 0.781. The number of ether oxygens (including phenoxy) is 2. The molecule has 0 unspecified atom stereocenters. The van der Waals surface area contributed by atoms with Gasteiger partial charge in [0.2, 0.25) is 0 Å². The molecule has 4 nitrogen and oxygen atoms in total. The molecule has 0 radical (unpaired) electrons. The average molecular weight is 245 g/mol. The molecule has 5 heteroatoms. The Kier molecular flexibility index (Phi) is 5.08. The minimum atomic E-state index is -1.06. The van der Waals surface area contributed by atoms with Crippen molar-refractivity contribution in [3.63, 3.8) is 0 Å². The summed E-state index contributed by atoms with van der Waals surface area (Å²) in [5, 5.41) is 9.05. The molecule has 1 rings (SSSR count). The van der Waals surface area contributed by atoms with Gasteiger partial charge in [-0.25, -0.2) is 4.79 Å². The van der Waals surface area contributed by atoms with Gasteiger partial charge in [0.25, 0.3) is 0 Å². The normalized spacial score (nSPS) is 10.1. The molecule has 0 aliphatic carbocycles. The largest absolute Gasteiger partial charge is 0.493 e. The molecular weight excluding hydrogens is 232 g/mol. The van der Waals surface area contributed by atoms with Gasteiger partial charge in [-0.15, -0.1) is 0 Å². The number of methoxy groups -OCH3 is 1. The van der Waals surface area contributed by atoms with Gasteiger partial charge in [-0.3, -0.25) is 0 Å². The monoisotopic (exact) mass is 244 g/mol. The van der Waals surface area contributed by atoms with Crippen LogP contribution in [0.15, 0.2) is 18.2 Å². The van der Waals surface area contributed by atoms with E-state index in [0.29, 0.717) is 19.0 Å². The maximum Gasteiger partial charge on any atom is 0.337 e. The summed E-state index contributed by atoms with van der Waals surface area (Å²) >= 11 is 5.72. The van der Waals surface area contributed by atoms with Crippen molar-refractivity contribution in [2.75, 3.05) is 20.3 Å². The van der Waals surface area contributed by atoms with Crippen molar-refractivity contribution in [1.82, 2.24) is 0 Å². The number of carboxylic acid groups (broad SMARTS) is 1. The van der Waals surface area contributed by atoms with E-state index >= 15 is 0 Å². The van der Waals surface area contributed by atoms with Crippen LogP contribution < -0.4 is 4.74 Å². The molecule has 1 aromatic carbocycles. The van der Waals surface area contributed by atoms with Gasteiger partial charge in [0.05, 0.1) is 17.2 Å². The molecule has 0 saturated carbocycles. The van der Waals surface area contributed by atoms with Crippen molar-refractivity contribution in [3.8, 4) is 5.75 Å². The Bertz CT molecular complexity index is 365. The maximum atomic E-state index is 10.8. The molecule has 0 fully saturated rings. The summed E-state index contributed by atoms with van der Waals surface area (Å²) < 4.78 is 10.2. The standard InChI is InChI=1S/C11H13ClO4/c1-15-5-2-6-16-8-3-4-10(12)9(7-8)11(13)14/h3-4,7H,2,5-6H2,1H3,(H,13,14). The van der Waals surface area contributed by atoms with Crippen LogP contribution in [0.3, 0.4) is 0 Å². The van der Waals surface area contributed by atoms with E-state index in [-0.39, 0.29) is 10.6 Å². The second-order valence-electron chi connectivity index (χ2n) is 3.14. The van der Waals surface area contributed by atoms with Crippen molar-refractivity contribution >= 4 is 17.6 Å². The summed E-state index contributed by atoms with van der Waals surface area (Å²) in [6.07, 6.45) is 0.752. The molecule has 1 aromatic rings. The maximum absolute atomic E-state index is 10.8. The summed E-state index contributed by atoms with van der Waals surface area (Å²) in [6, 6.07) is 4.57. The summed E-state index contributed by atoms with van der Waals surface area (Å²) in [4.78, 5) is 10.8. The number of benzene rings is 1. The lowest BCUT2D eigenvalue weighted by atomic mass is 10.2. The van der Waals surface area contributed by atoms with Crippen molar-refractivity contribution in [3.05, 3.63) is 28.8 Å². The van der Waals surface area contributed by atoms with Gasteiger partial charge >= 0.3 is 5.97 Å². The van der Waals surface area contributed by atoms with Crippen molar-refractivity contribution < 1.29 is 19.4 Å². The minimum Gasteiger partial charge on any atom is -0.493 e. The van der Waals surface area contributed by atoms with Crippen LogP contribution in [0.25, 0.3) is 0 Å². The van der Waals surface area contributed by atoms with Crippen LogP contribution in [0.2, 0.25) is 5.02 Å². The van der Waals surface area contributed by atoms with E-state index < -0.39 is 5.97 Å². The Morgan fingerprint density at radius 1 is 1.44 bits per heavy atom. The van der Waals surface area contributed by atoms with Gasteiger partial charge in [0.15, 0.2) is 0 Å². The van der Waals surface area contributed by atoms with E-state index in [1.807, 2.05) is 0 Å². The van der Waals surface area contributed by atoms with Gasteiger partial charge in [0.1, 0.15) is 5.75 Å². The molecular formula is C11H13ClO4. The molecule has 1 N–H and O–H groups in total. The molecule has 0 spiro atoms. The molecule has 0 saturated heterocycles. The van der Waals surface area contributed by atoms with E-state index in [1.165, 1.54) is 12.1 Å². The second kappa shape index (κ2) is 6.35. The summed E-state index contributed by atoms with van der Waals surface area (Å²) in [5.41, 5.74) is 0.0471. The average Bonchev–Trinajstić information content (AvgIpc) is 2.26. The summed E-state index contributed by atoms with van der Waals surface area (Å²) in [7, 11) is 1.62. The van der Waals surface area contributed by atoms with Crippen molar-refractivity contribution in [2.24, 2.45) is 0 Å². The zero-order valence-corrected chi connectivity index (χ0v) is 9.66. The first-order valence-electron chi connectivity index (χ1n) is 4.79. The van der Waals surface area contributed by atoms with Crippen LogP contribution in [0.1, 0.15) is 16.8 Å². The Labute approximate surface area is 98.7 Å². The Morgan fingerprint density at radius 3 is 2.81 bits per heavy atom. The fourth-order valence-electron chi connectivity index (χ4n) is 1.15. The SMILES string of the molecule is COCCCOc1ccc(Cl)c(C(=O)O)c1. The van der Waals surface area contributed by atoms with Crippen molar-refractivity contribution in [2.45, 2.75) is 6.42 Å². The Morgan fingerprint density at radius 2 is 2.19 bits per heavy atom. The molecule has 0 aliphatic rings. The smallest absolute Gasteiger partial charge is 0.337 e. The van der Waals surface area contributed by atoms with Crippen LogP contribution in [-0.4, -0.2) is 31.4 Å². The van der Waals surface area contributed by atoms with E-state index in [9.17, 15) is 4.79 Å². The number of halogens is 1. The third-order valence-corrected chi connectivity index (χ3v) is 2.26. The summed E-state index contributed by atoms with van der Waals surface area (Å²) in [5.74, 6) is -0.565. The van der Waals surface area contributed by atoms with Gasteiger partial charge in [-0.1, -0.05) is 11.6 Å². The highest BCUT2D eigenvalue weighted by atomic mass is 35.5. The first-order chi connectivity index (χ1) is 7.65. The summed E-state index contributed by atoms with van der Waals surface area (Å²) in [6.45, 7) is 1.09. The molecule has 0 amide bonds. The Balaban J connectivity index is 2.61. The second-order valence-corrected chi connectivity index (χ2v) is 3.55. The van der Waals surface area contributed by atoms with E-state index in [4.69, 9.17) is 26.2 Å². The van der Waals surface area contributed by atoms with Crippen molar-refractivity contribution in [1.29, 1.82) is 0 Å². The zero-order valence-electron chi connectivity index (χ0n) is 8.90. The zero-order chi connectivity index (χ0) is 12.0. The van der Waals surface area contributed by atoms with Crippen LogP contribution >= 0.6 is 11.6 Å². The number of carbonyl (C=O) groups is 1. The topological polar surface area (TPSA) is 55.8 Å². The highest BCUT2D eigenvalue weighted by Gasteiger charge is 2.09. The van der Waals surface area contributed by atoms with Gasteiger partial charge in [-0.2, -0.15) is 0 Å².